The van der Waals surface area contributed by atoms with E-state index in [0.29, 0.717) is 0 Å². The first kappa shape index (κ1) is 85.7. The highest BCUT2D eigenvalue weighted by Gasteiger charge is 2.22. The van der Waals surface area contributed by atoms with Crippen LogP contribution in [0.4, 0.5) is 0 Å². The second kappa shape index (κ2) is 37.5. The van der Waals surface area contributed by atoms with Crippen LogP contribution in [0.25, 0.3) is 249 Å². The number of rotatable bonds is 2. The van der Waals surface area contributed by atoms with E-state index >= 15 is 0 Å². The topological polar surface area (TPSA) is 85.7 Å². The number of benzene rings is 25. The number of para-hydroxylation sites is 1. The van der Waals surface area contributed by atoms with Gasteiger partial charge in [0, 0.05) is 87.4 Å². The molecule has 0 saturated heterocycles. The monoisotopic (exact) mass is 1850 g/mol. The minimum Gasteiger partial charge on any atom is -0.464 e. The molecule has 670 valence electrons. The molecule has 0 radical (unpaired) electrons. The highest BCUT2D eigenvalue weighted by atomic mass is 32.1. The van der Waals surface area contributed by atoms with Gasteiger partial charge in [-0.3, -0.25) is 0 Å². The second-order valence-corrected chi connectivity index (χ2v) is 37.7. The van der Waals surface area contributed by atoms with Crippen LogP contribution in [0, 0.1) is 0 Å². The van der Waals surface area contributed by atoms with E-state index in [-0.39, 0.29) is 0 Å². The van der Waals surface area contributed by atoms with Gasteiger partial charge in [-0.05, 0) is 190 Å². The Morgan fingerprint density at radius 3 is 1.09 bits per heavy atom. The van der Waals surface area contributed by atoms with E-state index in [2.05, 4.69) is 480 Å². The van der Waals surface area contributed by atoms with Crippen LogP contribution < -0.4 is 0 Å². The summed E-state index contributed by atoms with van der Waals surface area (Å²) >= 11 is 3.55. The molecule has 0 bridgehead atoms. The molecule has 6 heterocycles. The number of nitrogens with one attached hydrogen (secondary N) is 1. The second-order valence-electron chi connectivity index (χ2n) is 35.9. The quantitative estimate of drug-likeness (QED) is 0.174. The maximum absolute atomic E-state index is 5.64. The Labute approximate surface area is 826 Å². The van der Waals surface area contributed by atoms with Gasteiger partial charge < -0.3 is 18.4 Å². The minimum atomic E-state index is 0.874. The van der Waals surface area contributed by atoms with Crippen LogP contribution in [0.5, 0.6) is 0 Å². The fourth-order valence-corrected chi connectivity index (χ4v) is 23.2. The molecule has 0 fully saturated rings. The molecule has 1 aliphatic rings. The molecule has 6 aromatic heterocycles. The van der Waals surface area contributed by atoms with Crippen LogP contribution in [-0.4, -0.2) is 24.5 Å². The van der Waals surface area contributed by atoms with E-state index in [1.807, 2.05) is 53.5 Å². The molecule has 0 atom stereocenters. The molecule has 0 spiro atoms. The van der Waals surface area contributed by atoms with Crippen molar-refractivity contribution in [3.63, 3.8) is 0 Å². The van der Waals surface area contributed by atoms with Crippen molar-refractivity contribution in [2.75, 3.05) is 0 Å². The number of oxazole rings is 1. The summed E-state index contributed by atoms with van der Waals surface area (Å²) in [5.41, 5.74) is 21.3. The molecule has 32 rings (SSSR count). The predicted octanol–water partition coefficient (Wildman–Crippen LogP) is 37.6. The molecule has 9 heteroatoms. The average molecular weight is 1850 g/mol. The van der Waals surface area contributed by atoms with Gasteiger partial charge in [0.2, 0.25) is 0 Å². The Morgan fingerprint density at radius 2 is 0.592 bits per heavy atom. The number of fused-ring (bicyclic) bond motifs is 42. The first-order valence-electron chi connectivity index (χ1n) is 48.0. The Balaban J connectivity index is 0.0000000853. The van der Waals surface area contributed by atoms with Crippen molar-refractivity contribution in [3.05, 3.63) is 514 Å². The molecule has 142 heavy (non-hydrogen) atoms. The van der Waals surface area contributed by atoms with Gasteiger partial charge in [-0.1, -0.05) is 437 Å². The van der Waals surface area contributed by atoms with Gasteiger partial charge in [-0.15, -0.1) is 22.7 Å². The van der Waals surface area contributed by atoms with Gasteiger partial charge in [0.1, 0.15) is 11.1 Å². The summed E-state index contributed by atoms with van der Waals surface area (Å²) in [7, 11) is 2.05. The summed E-state index contributed by atoms with van der Waals surface area (Å²) in [6.07, 6.45) is 6.23. The van der Waals surface area contributed by atoms with Crippen molar-refractivity contribution < 1.29 is 8.83 Å². The van der Waals surface area contributed by atoms with Gasteiger partial charge in [-0.25, -0.2) is 15.0 Å². The summed E-state index contributed by atoms with van der Waals surface area (Å²) in [5.74, 6) is 0. The lowest BCUT2D eigenvalue weighted by Crippen LogP contribution is -1.87. The molecular weight excluding hydrogens is 1760 g/mol. The smallest absolute Gasteiger partial charge is 0.182 e. The predicted molar refractivity (Wildman–Crippen MR) is 608 cm³/mol. The van der Waals surface area contributed by atoms with Gasteiger partial charge in [0.15, 0.2) is 12.0 Å². The number of aromatic nitrogens is 5. The molecule has 31 aromatic rings. The maximum atomic E-state index is 5.64. The van der Waals surface area contributed by atoms with Gasteiger partial charge in [-0.2, -0.15) is 0 Å². The number of hydrogen-bond donors (Lipinski definition) is 1. The van der Waals surface area contributed by atoms with Gasteiger partial charge in [0.25, 0.3) is 0 Å². The number of imidazole rings is 1. The van der Waals surface area contributed by atoms with Crippen molar-refractivity contribution in [2.24, 2.45) is 7.05 Å². The highest BCUT2D eigenvalue weighted by Crippen LogP contribution is 2.45. The zero-order valence-corrected chi connectivity index (χ0v) is 79.2. The summed E-state index contributed by atoms with van der Waals surface area (Å²) in [6, 6.07) is 167. The van der Waals surface area contributed by atoms with Gasteiger partial charge >= 0.3 is 0 Å². The fourth-order valence-electron chi connectivity index (χ4n) is 21.4. The third-order valence-corrected chi connectivity index (χ3v) is 29.7. The maximum Gasteiger partial charge on any atom is 0.182 e. The molecule has 1 aliphatic carbocycles. The summed E-state index contributed by atoms with van der Waals surface area (Å²) < 4.78 is 16.0. The van der Waals surface area contributed by atoms with Crippen LogP contribution in [-0.2, 0) is 13.5 Å². The first-order chi connectivity index (χ1) is 70.4. The van der Waals surface area contributed by atoms with Crippen molar-refractivity contribution in [1.82, 2.24) is 24.5 Å². The van der Waals surface area contributed by atoms with E-state index in [0.717, 1.165) is 44.9 Å². The molecule has 25 aromatic carbocycles. The van der Waals surface area contributed by atoms with Crippen molar-refractivity contribution in [1.29, 1.82) is 0 Å². The molecule has 0 saturated carbocycles. The zero-order chi connectivity index (χ0) is 94.3. The number of hydrogen-bond acceptors (Lipinski definition) is 7. The zero-order valence-electron chi connectivity index (χ0n) is 77.5. The number of nitrogens with zero attached hydrogens (tertiary/aromatic N) is 4. The number of aryl methyl sites for hydroxylation is 1. The van der Waals surface area contributed by atoms with E-state index in [1.54, 1.807) is 17.6 Å². The number of furan rings is 1. The Morgan fingerprint density at radius 1 is 0.232 bits per heavy atom. The summed E-state index contributed by atoms with van der Waals surface area (Å²) in [5, 5.41) is 40.9. The molecular formula is C133H89N5O2S2. The molecule has 7 nitrogen and oxygen atoms in total. The lowest BCUT2D eigenvalue weighted by atomic mass is 9.95. The van der Waals surface area contributed by atoms with E-state index in [4.69, 9.17) is 8.83 Å². The first-order valence-corrected chi connectivity index (χ1v) is 49.8. The van der Waals surface area contributed by atoms with Crippen molar-refractivity contribution in [3.8, 4) is 33.4 Å². The van der Waals surface area contributed by atoms with Crippen LogP contribution in [0.3, 0.4) is 0 Å². The van der Waals surface area contributed by atoms with Crippen LogP contribution in [0.2, 0.25) is 0 Å². The summed E-state index contributed by atoms with van der Waals surface area (Å²) in [4.78, 5) is 16.9. The van der Waals surface area contributed by atoms with Crippen LogP contribution in [0.15, 0.2) is 512 Å². The number of thiophene rings is 1. The summed E-state index contributed by atoms with van der Waals surface area (Å²) in [6.45, 7) is 0. The standard InChI is InChI=1S/C19H13N.C18H12.C18H14.C16H12N2.C16H10O.C16H10S.C15H9NO.C15H9NS/c1-2-6-14-12(5-1)9-13-10-17-15-7-3-4-8-18(15)20-19(17)11-16(13)14;1-2-8-14-13(7-1)15-9-3-4-11-17(15)18-12-6-5-10-16(14)18;1-3-8-15(9-4-1)17-12-7-13-18(14-17)16-10-5-2-6-11-16;1-18-10-17-15-13-8-4-2-6-11(13)12-7-3-5-9-14(12)16(15)18;2*1-2-7-13-11(5-1)12-6-3-4-8-14(12)16-15(13)9-10-17-16;2*1-3-7-12-10(5-1)11-6-2-4-8-13(11)15-14(12)16-9-17-15/h1-8,10-11,20H,9H2;1-12H;1-14H;2-10H,1H3;2*1-10H;2*1-9H. The van der Waals surface area contributed by atoms with Crippen LogP contribution >= 0.6 is 22.7 Å². The molecule has 1 N–H and O–H groups in total. The SMILES string of the molecule is Cn1cnc2c3ccccc3c3ccccc3c21.c1ccc(-c2cccc(-c3ccccc3)c2)cc1.c1ccc2c(c1)Cc1cc3c(cc1-2)[nH]c1ccccc13.c1ccc2c(c1)c1ccccc1c1ccccc21.c1ccc2c(c1)c1ccccc1c1occc21.c1ccc2c(c1)c1ccccc1c1ocnc21.c1ccc2c(c1)c1ccccc1c1sccc21.c1ccc2c(c1)c1ccccc1c1scnc21. The lowest BCUT2D eigenvalue weighted by molar-refractivity contribution is 0.605. The van der Waals surface area contributed by atoms with Gasteiger partial charge in [0.05, 0.1) is 39.4 Å². The third kappa shape index (κ3) is 15.6. The molecule has 0 amide bonds. The highest BCUT2D eigenvalue weighted by molar-refractivity contribution is 7.18. The largest absolute Gasteiger partial charge is 0.464 e. The Hall–Kier alpha value is -18.0. The molecule has 0 unspecified atom stereocenters. The van der Waals surface area contributed by atoms with E-state index in [9.17, 15) is 0 Å². The van der Waals surface area contributed by atoms with E-state index < -0.39 is 0 Å². The Bertz CT molecular complexity index is 9100. The normalized spacial score (nSPS) is 11.5. The van der Waals surface area contributed by atoms with Crippen molar-refractivity contribution in [2.45, 2.75) is 6.42 Å². The minimum absolute atomic E-state index is 0.874. The average Bonchev–Trinajstić information content (AvgIpc) is 1.60. The Kier molecular flexibility index (Phi) is 22.6. The number of H-pyrrole nitrogens is 1. The van der Waals surface area contributed by atoms with E-state index in [1.165, 1.54) is 228 Å². The lowest BCUT2D eigenvalue weighted by Gasteiger charge is -2.09. The van der Waals surface area contributed by atoms with Crippen molar-refractivity contribution >= 4 is 238 Å². The fraction of sp³-hybridized carbons (Fsp3) is 0.0150. The van der Waals surface area contributed by atoms with Crippen LogP contribution in [0.1, 0.15) is 11.1 Å². The third-order valence-electron chi connectivity index (χ3n) is 27.9. The molecule has 0 aliphatic heterocycles. The number of aromatic amines is 1. The number of thiazole rings is 1.